The second-order valence-corrected chi connectivity index (χ2v) is 3.26. The van der Waals surface area contributed by atoms with Gasteiger partial charge in [-0.05, 0) is 12.3 Å². The van der Waals surface area contributed by atoms with Gasteiger partial charge in [-0.2, -0.15) is 0 Å². The monoisotopic (exact) mass is 165 g/mol. The van der Waals surface area contributed by atoms with Crippen molar-refractivity contribution in [2.45, 2.75) is 31.3 Å². The van der Waals surface area contributed by atoms with E-state index in [0.29, 0.717) is 6.42 Å². The Morgan fingerprint density at radius 2 is 2.09 bits per heavy atom. The second-order valence-electron chi connectivity index (χ2n) is 3.26. The summed E-state index contributed by atoms with van der Waals surface area (Å²) in [5.41, 5.74) is 5.13. The van der Waals surface area contributed by atoms with Crippen LogP contribution in [0.2, 0.25) is 0 Å². The first-order valence-electron chi connectivity index (χ1n) is 3.79. The Morgan fingerprint density at radius 3 is 2.45 bits per heavy atom. The number of halogens is 2. The van der Waals surface area contributed by atoms with Crippen LogP contribution in [0.4, 0.5) is 8.78 Å². The van der Waals surface area contributed by atoms with Gasteiger partial charge in [-0.1, -0.05) is 0 Å². The Labute approximate surface area is 64.4 Å². The number of aliphatic hydroxyl groups excluding tert-OH is 1. The van der Waals surface area contributed by atoms with E-state index in [2.05, 4.69) is 0 Å². The molecule has 2 nitrogen and oxygen atoms in total. The summed E-state index contributed by atoms with van der Waals surface area (Å²) in [7, 11) is 0. The van der Waals surface area contributed by atoms with Gasteiger partial charge in [-0.15, -0.1) is 0 Å². The average molecular weight is 165 g/mol. The number of rotatable bonds is 3. The molecule has 0 bridgehead atoms. The Morgan fingerprint density at radius 1 is 1.55 bits per heavy atom. The first kappa shape index (κ1) is 8.87. The van der Waals surface area contributed by atoms with Crippen LogP contribution in [0.5, 0.6) is 0 Å². The van der Waals surface area contributed by atoms with Crippen LogP contribution in [-0.2, 0) is 0 Å². The maximum absolute atomic E-state index is 12.2. The van der Waals surface area contributed by atoms with Crippen molar-refractivity contribution >= 4 is 0 Å². The summed E-state index contributed by atoms with van der Waals surface area (Å²) in [4.78, 5) is 0. The first-order chi connectivity index (χ1) is 5.03. The molecule has 3 N–H and O–H groups in total. The third kappa shape index (κ3) is 2.38. The van der Waals surface area contributed by atoms with E-state index < -0.39 is 12.0 Å². The molecule has 1 rings (SSSR count). The zero-order chi connectivity index (χ0) is 8.48. The van der Waals surface area contributed by atoms with E-state index in [9.17, 15) is 8.78 Å². The normalized spacial score (nSPS) is 26.2. The number of alkyl halides is 2. The van der Waals surface area contributed by atoms with E-state index in [1.807, 2.05) is 0 Å². The van der Waals surface area contributed by atoms with E-state index in [-0.39, 0.29) is 25.3 Å². The maximum atomic E-state index is 12.2. The van der Waals surface area contributed by atoms with Crippen LogP contribution in [0, 0.1) is 5.92 Å². The van der Waals surface area contributed by atoms with Gasteiger partial charge in [-0.25, -0.2) is 8.78 Å². The molecule has 0 radical (unpaired) electrons. The van der Waals surface area contributed by atoms with Crippen molar-refractivity contribution in [2.24, 2.45) is 11.7 Å². The Hall–Kier alpha value is -0.220. The van der Waals surface area contributed by atoms with E-state index >= 15 is 0 Å². The molecule has 0 heterocycles. The standard InChI is InChI=1S/C7H13F2NO/c8-7(9)2-5(3-7)1-6(11)4-10/h5-6,11H,1-4,10H2. The average Bonchev–Trinajstić information content (AvgIpc) is 1.83. The first-order valence-corrected chi connectivity index (χ1v) is 3.79. The molecule has 11 heavy (non-hydrogen) atoms. The third-order valence-corrected chi connectivity index (χ3v) is 2.05. The van der Waals surface area contributed by atoms with Crippen molar-refractivity contribution in [3.63, 3.8) is 0 Å². The van der Waals surface area contributed by atoms with Gasteiger partial charge in [0.05, 0.1) is 6.10 Å². The summed E-state index contributed by atoms with van der Waals surface area (Å²) in [5.74, 6) is -2.50. The predicted octanol–water partition coefficient (Wildman–Crippen LogP) is 0.741. The van der Waals surface area contributed by atoms with E-state index in [1.165, 1.54) is 0 Å². The Balaban J connectivity index is 2.13. The predicted molar refractivity (Wildman–Crippen MR) is 37.3 cm³/mol. The lowest BCUT2D eigenvalue weighted by Gasteiger charge is -2.35. The van der Waals surface area contributed by atoms with Gasteiger partial charge >= 0.3 is 0 Å². The molecule has 0 aromatic heterocycles. The van der Waals surface area contributed by atoms with Gasteiger partial charge < -0.3 is 10.8 Å². The summed E-state index contributed by atoms with van der Waals surface area (Å²) < 4.78 is 24.5. The highest BCUT2D eigenvalue weighted by atomic mass is 19.3. The minimum absolute atomic E-state index is 0.0245. The van der Waals surface area contributed by atoms with Gasteiger partial charge in [0.25, 0.3) is 0 Å². The number of nitrogens with two attached hydrogens (primary N) is 1. The molecular formula is C7H13F2NO. The number of hydrogen-bond acceptors (Lipinski definition) is 2. The van der Waals surface area contributed by atoms with E-state index in [4.69, 9.17) is 10.8 Å². The molecule has 0 spiro atoms. The fraction of sp³-hybridized carbons (Fsp3) is 1.00. The third-order valence-electron chi connectivity index (χ3n) is 2.05. The summed E-state index contributed by atoms with van der Waals surface area (Å²) in [6, 6.07) is 0. The molecule has 1 fully saturated rings. The van der Waals surface area contributed by atoms with E-state index in [0.717, 1.165) is 0 Å². The highest BCUT2D eigenvalue weighted by molar-refractivity contribution is 4.87. The minimum Gasteiger partial charge on any atom is -0.392 e. The topological polar surface area (TPSA) is 46.2 Å². The largest absolute Gasteiger partial charge is 0.392 e. The summed E-state index contributed by atoms with van der Waals surface area (Å²) in [6.45, 7) is 0.169. The quantitative estimate of drug-likeness (QED) is 0.648. The lowest BCUT2D eigenvalue weighted by Crippen LogP contribution is -2.38. The zero-order valence-electron chi connectivity index (χ0n) is 6.26. The molecule has 1 saturated carbocycles. The van der Waals surface area contributed by atoms with Crippen molar-refractivity contribution < 1.29 is 13.9 Å². The molecule has 0 saturated heterocycles. The smallest absolute Gasteiger partial charge is 0.248 e. The van der Waals surface area contributed by atoms with Crippen LogP contribution < -0.4 is 5.73 Å². The van der Waals surface area contributed by atoms with Crippen LogP contribution >= 0.6 is 0 Å². The molecule has 0 aromatic carbocycles. The second kappa shape index (κ2) is 3.03. The lowest BCUT2D eigenvalue weighted by molar-refractivity contribution is -0.118. The Bertz CT molecular complexity index is 132. The van der Waals surface area contributed by atoms with Gasteiger partial charge in [0, 0.05) is 19.4 Å². The molecular weight excluding hydrogens is 152 g/mol. The molecule has 0 aromatic rings. The van der Waals surface area contributed by atoms with Crippen LogP contribution in [0.3, 0.4) is 0 Å². The summed E-state index contributed by atoms with van der Waals surface area (Å²) >= 11 is 0. The fourth-order valence-corrected chi connectivity index (χ4v) is 1.43. The molecule has 4 heteroatoms. The van der Waals surface area contributed by atoms with Crippen LogP contribution in [0.25, 0.3) is 0 Å². The van der Waals surface area contributed by atoms with Crippen molar-refractivity contribution in [2.75, 3.05) is 6.54 Å². The molecule has 1 aliphatic carbocycles. The molecule has 1 atom stereocenters. The summed E-state index contributed by atoms with van der Waals surface area (Å²) in [6.07, 6.45) is -0.337. The van der Waals surface area contributed by atoms with Crippen molar-refractivity contribution in [1.82, 2.24) is 0 Å². The summed E-state index contributed by atoms with van der Waals surface area (Å²) in [5, 5.41) is 8.99. The molecule has 0 amide bonds. The molecule has 0 aliphatic heterocycles. The minimum atomic E-state index is -2.47. The molecule has 1 aliphatic rings. The molecule has 66 valence electrons. The zero-order valence-corrected chi connectivity index (χ0v) is 6.26. The van der Waals surface area contributed by atoms with Gasteiger partial charge in [-0.3, -0.25) is 0 Å². The maximum Gasteiger partial charge on any atom is 0.248 e. The number of aliphatic hydroxyl groups is 1. The molecule has 1 unspecified atom stereocenters. The Kier molecular flexibility index (Phi) is 2.44. The van der Waals surface area contributed by atoms with Crippen LogP contribution in [0.15, 0.2) is 0 Å². The van der Waals surface area contributed by atoms with Gasteiger partial charge in [0.1, 0.15) is 0 Å². The van der Waals surface area contributed by atoms with Crippen LogP contribution in [0.1, 0.15) is 19.3 Å². The van der Waals surface area contributed by atoms with Crippen molar-refractivity contribution in [3.05, 3.63) is 0 Å². The SMILES string of the molecule is NCC(O)CC1CC(F)(F)C1. The lowest BCUT2D eigenvalue weighted by atomic mass is 9.78. The highest BCUT2D eigenvalue weighted by Gasteiger charge is 2.45. The van der Waals surface area contributed by atoms with Gasteiger partial charge in [0.2, 0.25) is 5.92 Å². The van der Waals surface area contributed by atoms with Crippen LogP contribution in [-0.4, -0.2) is 23.7 Å². The highest BCUT2D eigenvalue weighted by Crippen LogP contribution is 2.44. The van der Waals surface area contributed by atoms with Gasteiger partial charge in [0.15, 0.2) is 0 Å². The number of hydrogen-bond donors (Lipinski definition) is 2. The fourth-order valence-electron chi connectivity index (χ4n) is 1.43. The van der Waals surface area contributed by atoms with E-state index in [1.54, 1.807) is 0 Å². The van der Waals surface area contributed by atoms with Crippen molar-refractivity contribution in [1.29, 1.82) is 0 Å². The van der Waals surface area contributed by atoms with Crippen molar-refractivity contribution in [3.8, 4) is 0 Å².